The van der Waals surface area contributed by atoms with Crippen molar-refractivity contribution in [3.8, 4) is 0 Å². The zero-order valence-electron chi connectivity index (χ0n) is 12.2. The molecule has 1 aromatic heterocycles. The van der Waals surface area contributed by atoms with Gasteiger partial charge in [-0.1, -0.05) is 0 Å². The van der Waals surface area contributed by atoms with Crippen LogP contribution in [0.1, 0.15) is 23.5 Å². The van der Waals surface area contributed by atoms with E-state index < -0.39 is 0 Å². The Bertz CT molecular complexity index is 462. The van der Waals surface area contributed by atoms with Crippen LogP contribution in [-0.4, -0.2) is 65.4 Å². The van der Waals surface area contributed by atoms with Gasteiger partial charge in [-0.25, -0.2) is 0 Å². The minimum atomic E-state index is -0.319. The average molecular weight is 314 g/mol. The van der Waals surface area contributed by atoms with Crippen molar-refractivity contribution in [1.29, 1.82) is 0 Å². The van der Waals surface area contributed by atoms with Crippen LogP contribution in [0.5, 0.6) is 0 Å². The SMILES string of the molecule is CSc1ccsc1C(=O)N1CCN(C[C@@H](C)O)[C@@H](C)C1. The van der Waals surface area contributed by atoms with Gasteiger partial charge in [-0.2, -0.15) is 0 Å². The van der Waals surface area contributed by atoms with Gasteiger partial charge in [-0.15, -0.1) is 23.1 Å². The molecule has 0 spiro atoms. The summed E-state index contributed by atoms with van der Waals surface area (Å²) in [5, 5.41) is 11.5. The molecule has 0 radical (unpaired) electrons. The Morgan fingerprint density at radius 2 is 2.35 bits per heavy atom. The number of β-amino-alcohol motifs (C(OH)–C–C–N with tert-alkyl or cyclic N) is 1. The predicted molar refractivity (Wildman–Crippen MR) is 84.7 cm³/mol. The number of rotatable bonds is 4. The fourth-order valence-corrected chi connectivity index (χ4v) is 4.26. The van der Waals surface area contributed by atoms with E-state index in [0.29, 0.717) is 12.6 Å². The minimum Gasteiger partial charge on any atom is -0.392 e. The molecule has 1 aromatic rings. The molecule has 0 bridgehead atoms. The highest BCUT2D eigenvalue weighted by molar-refractivity contribution is 7.98. The monoisotopic (exact) mass is 314 g/mol. The zero-order chi connectivity index (χ0) is 14.7. The Kier molecular flexibility index (Phi) is 5.49. The van der Waals surface area contributed by atoms with Gasteiger partial charge in [-0.3, -0.25) is 9.69 Å². The molecule has 0 aromatic carbocycles. The van der Waals surface area contributed by atoms with Crippen molar-refractivity contribution in [2.45, 2.75) is 30.9 Å². The highest BCUT2D eigenvalue weighted by atomic mass is 32.2. The van der Waals surface area contributed by atoms with E-state index >= 15 is 0 Å². The van der Waals surface area contributed by atoms with Crippen molar-refractivity contribution in [3.63, 3.8) is 0 Å². The second kappa shape index (κ2) is 6.93. The largest absolute Gasteiger partial charge is 0.392 e. The topological polar surface area (TPSA) is 43.8 Å². The summed E-state index contributed by atoms with van der Waals surface area (Å²) in [4.78, 5) is 18.7. The Balaban J connectivity index is 2.00. The van der Waals surface area contributed by atoms with Crippen molar-refractivity contribution in [2.24, 2.45) is 0 Å². The molecule has 0 unspecified atom stereocenters. The molecule has 1 N–H and O–H groups in total. The average Bonchev–Trinajstić information content (AvgIpc) is 2.88. The molecule has 1 saturated heterocycles. The van der Waals surface area contributed by atoms with Gasteiger partial charge in [0.25, 0.3) is 5.91 Å². The lowest BCUT2D eigenvalue weighted by atomic mass is 10.1. The standard InChI is InChI=1S/C14H22N2O2S2/c1-10-8-16(6-5-15(10)9-11(2)17)14(18)13-12(19-3)4-7-20-13/h4,7,10-11,17H,5-6,8-9H2,1-3H3/t10-,11+/m0/s1. The third kappa shape index (κ3) is 3.55. The fourth-order valence-electron chi connectivity index (χ4n) is 2.55. The first-order chi connectivity index (χ1) is 9.52. The molecular formula is C14H22N2O2S2. The van der Waals surface area contributed by atoms with Crippen molar-refractivity contribution in [2.75, 3.05) is 32.4 Å². The second-order valence-electron chi connectivity index (χ2n) is 5.26. The van der Waals surface area contributed by atoms with E-state index in [9.17, 15) is 9.90 Å². The highest BCUT2D eigenvalue weighted by Gasteiger charge is 2.29. The van der Waals surface area contributed by atoms with Gasteiger partial charge in [0.2, 0.25) is 0 Å². The normalized spacial score (nSPS) is 22.0. The Morgan fingerprint density at radius 1 is 1.60 bits per heavy atom. The summed E-state index contributed by atoms with van der Waals surface area (Å²) in [6.45, 7) is 6.90. The van der Waals surface area contributed by atoms with E-state index in [4.69, 9.17) is 0 Å². The number of hydrogen-bond acceptors (Lipinski definition) is 5. The number of aliphatic hydroxyl groups excluding tert-OH is 1. The Labute approximate surface area is 128 Å². The van der Waals surface area contributed by atoms with Crippen LogP contribution < -0.4 is 0 Å². The number of carbonyl (C=O) groups is 1. The van der Waals surface area contributed by atoms with E-state index in [1.54, 1.807) is 18.7 Å². The molecule has 0 saturated carbocycles. The van der Waals surface area contributed by atoms with Crippen LogP contribution >= 0.6 is 23.1 Å². The molecule has 2 atom stereocenters. The summed E-state index contributed by atoms with van der Waals surface area (Å²) < 4.78 is 0. The van der Waals surface area contributed by atoms with Crippen molar-refractivity contribution in [1.82, 2.24) is 9.80 Å². The number of piperazine rings is 1. The number of thiophene rings is 1. The molecule has 2 rings (SSSR count). The van der Waals surface area contributed by atoms with Crippen LogP contribution in [-0.2, 0) is 0 Å². The molecule has 1 amide bonds. The van der Waals surface area contributed by atoms with Crippen LogP contribution in [0.4, 0.5) is 0 Å². The van der Waals surface area contributed by atoms with Gasteiger partial charge in [-0.05, 0) is 31.5 Å². The summed E-state index contributed by atoms with van der Waals surface area (Å²) in [5.41, 5.74) is 0. The first kappa shape index (κ1) is 15.8. The van der Waals surface area contributed by atoms with Gasteiger partial charge in [0, 0.05) is 37.1 Å². The van der Waals surface area contributed by atoms with Gasteiger partial charge < -0.3 is 10.0 Å². The van der Waals surface area contributed by atoms with Crippen molar-refractivity contribution >= 4 is 29.0 Å². The van der Waals surface area contributed by atoms with E-state index in [1.165, 1.54) is 11.3 Å². The Morgan fingerprint density at radius 3 is 2.95 bits per heavy atom. The first-order valence-corrected chi connectivity index (χ1v) is 8.96. The molecule has 6 heteroatoms. The minimum absolute atomic E-state index is 0.146. The summed E-state index contributed by atoms with van der Waals surface area (Å²) in [5.74, 6) is 0.146. The summed E-state index contributed by atoms with van der Waals surface area (Å²) in [7, 11) is 0. The van der Waals surface area contributed by atoms with E-state index in [0.717, 1.165) is 29.4 Å². The molecule has 112 valence electrons. The highest BCUT2D eigenvalue weighted by Crippen LogP contribution is 2.27. The lowest BCUT2D eigenvalue weighted by Crippen LogP contribution is -2.54. The van der Waals surface area contributed by atoms with Gasteiger partial charge in [0.15, 0.2) is 0 Å². The van der Waals surface area contributed by atoms with Gasteiger partial charge >= 0.3 is 0 Å². The van der Waals surface area contributed by atoms with Crippen LogP contribution in [0.2, 0.25) is 0 Å². The van der Waals surface area contributed by atoms with Crippen LogP contribution in [0.3, 0.4) is 0 Å². The molecule has 20 heavy (non-hydrogen) atoms. The maximum atomic E-state index is 12.6. The lowest BCUT2D eigenvalue weighted by molar-refractivity contribution is 0.0366. The van der Waals surface area contributed by atoms with E-state index in [1.807, 2.05) is 22.6 Å². The van der Waals surface area contributed by atoms with Gasteiger partial charge in [0.1, 0.15) is 4.88 Å². The third-order valence-electron chi connectivity index (χ3n) is 3.59. The van der Waals surface area contributed by atoms with Crippen molar-refractivity contribution in [3.05, 3.63) is 16.3 Å². The summed E-state index contributed by atoms with van der Waals surface area (Å²) >= 11 is 3.15. The fraction of sp³-hybridized carbons (Fsp3) is 0.643. The predicted octanol–water partition coefficient (Wildman–Crippen LogP) is 2.00. The smallest absolute Gasteiger partial charge is 0.265 e. The molecule has 1 aliphatic rings. The number of thioether (sulfide) groups is 1. The maximum absolute atomic E-state index is 12.6. The molecule has 1 aliphatic heterocycles. The van der Waals surface area contributed by atoms with Crippen molar-refractivity contribution < 1.29 is 9.90 Å². The molecule has 1 fully saturated rings. The van der Waals surface area contributed by atoms with Crippen LogP contribution in [0.25, 0.3) is 0 Å². The third-order valence-corrected chi connectivity index (χ3v) is 5.41. The van der Waals surface area contributed by atoms with E-state index in [2.05, 4.69) is 11.8 Å². The lowest BCUT2D eigenvalue weighted by Gasteiger charge is -2.40. The molecule has 2 heterocycles. The van der Waals surface area contributed by atoms with E-state index in [-0.39, 0.29) is 12.0 Å². The number of amides is 1. The summed E-state index contributed by atoms with van der Waals surface area (Å²) in [6.07, 6.45) is 1.68. The first-order valence-electron chi connectivity index (χ1n) is 6.85. The Hall–Kier alpha value is -0.560. The van der Waals surface area contributed by atoms with Crippen LogP contribution in [0, 0.1) is 0 Å². The molecule has 4 nitrogen and oxygen atoms in total. The summed E-state index contributed by atoms with van der Waals surface area (Å²) in [6, 6.07) is 2.30. The maximum Gasteiger partial charge on any atom is 0.265 e. The molecule has 0 aliphatic carbocycles. The van der Waals surface area contributed by atoms with Gasteiger partial charge in [0.05, 0.1) is 6.10 Å². The number of aliphatic hydroxyl groups is 1. The number of carbonyl (C=O) groups excluding carboxylic acids is 1. The quantitative estimate of drug-likeness (QED) is 0.863. The molecular weight excluding hydrogens is 292 g/mol. The zero-order valence-corrected chi connectivity index (χ0v) is 13.8. The number of hydrogen-bond donors (Lipinski definition) is 1. The second-order valence-corrected chi connectivity index (χ2v) is 7.03. The van der Waals surface area contributed by atoms with Crippen LogP contribution in [0.15, 0.2) is 16.3 Å². The number of nitrogens with zero attached hydrogens (tertiary/aromatic N) is 2.